The van der Waals surface area contributed by atoms with Gasteiger partial charge in [-0.05, 0) is 43.0 Å². The minimum absolute atomic E-state index is 0.281. The third-order valence-electron chi connectivity index (χ3n) is 4.38. The first-order valence-corrected chi connectivity index (χ1v) is 9.62. The molecule has 136 valence electrons. The first kappa shape index (κ1) is 19.4. The topological polar surface area (TPSA) is 22.1 Å². The molecule has 0 spiro atoms. The van der Waals surface area contributed by atoms with Gasteiger partial charge in [0, 0.05) is 17.8 Å². The van der Waals surface area contributed by atoms with Crippen LogP contribution in [0.3, 0.4) is 0 Å². The molecule has 1 aromatic heterocycles. The number of nitrogens with zero attached hydrogens (tertiary/aromatic N) is 1. The summed E-state index contributed by atoms with van der Waals surface area (Å²) in [6.07, 6.45) is 11.2. The summed E-state index contributed by atoms with van der Waals surface area (Å²) in [5, 5.41) is 0. The van der Waals surface area contributed by atoms with Crippen LogP contribution in [0.2, 0.25) is 0 Å². The maximum absolute atomic E-state index is 14.4. The Morgan fingerprint density at radius 1 is 0.920 bits per heavy atom. The molecule has 3 heteroatoms. The monoisotopic (exact) mass is 343 g/mol. The second-order valence-electron chi connectivity index (χ2n) is 6.56. The molecular weight excluding hydrogens is 313 g/mol. The Morgan fingerprint density at radius 2 is 1.72 bits per heavy atom. The number of ether oxygens (including phenoxy) is 1. The van der Waals surface area contributed by atoms with Crippen LogP contribution in [0, 0.1) is 5.82 Å². The fraction of sp³-hybridized carbons (Fsp3) is 0.500. The van der Waals surface area contributed by atoms with Gasteiger partial charge in [0.25, 0.3) is 0 Å². The molecule has 0 N–H and O–H groups in total. The van der Waals surface area contributed by atoms with Crippen molar-refractivity contribution in [3.05, 3.63) is 47.9 Å². The van der Waals surface area contributed by atoms with Gasteiger partial charge in [-0.3, -0.25) is 4.98 Å². The highest BCUT2D eigenvalue weighted by Crippen LogP contribution is 2.25. The van der Waals surface area contributed by atoms with Crippen molar-refractivity contribution in [3.8, 4) is 17.0 Å². The summed E-state index contributed by atoms with van der Waals surface area (Å²) >= 11 is 0. The van der Waals surface area contributed by atoms with Gasteiger partial charge in [-0.2, -0.15) is 0 Å². The van der Waals surface area contributed by atoms with E-state index in [0.29, 0.717) is 23.6 Å². The number of unbranched alkanes of at least 4 members (excludes halogenated alkanes) is 5. The van der Waals surface area contributed by atoms with Gasteiger partial charge in [0.1, 0.15) is 11.6 Å². The summed E-state index contributed by atoms with van der Waals surface area (Å²) in [7, 11) is 0. The van der Waals surface area contributed by atoms with Crippen LogP contribution in [0.1, 0.15) is 64.4 Å². The highest BCUT2D eigenvalue weighted by atomic mass is 19.1. The number of benzene rings is 1. The van der Waals surface area contributed by atoms with Crippen LogP contribution in [-0.4, -0.2) is 11.6 Å². The largest absolute Gasteiger partial charge is 0.493 e. The van der Waals surface area contributed by atoms with Crippen LogP contribution in [0.15, 0.2) is 36.5 Å². The number of hydrogen-bond donors (Lipinski definition) is 0. The van der Waals surface area contributed by atoms with E-state index in [0.717, 1.165) is 25.7 Å². The number of hydrogen-bond acceptors (Lipinski definition) is 2. The lowest BCUT2D eigenvalue weighted by Crippen LogP contribution is -1.98. The zero-order valence-corrected chi connectivity index (χ0v) is 15.6. The van der Waals surface area contributed by atoms with Crippen molar-refractivity contribution in [2.75, 3.05) is 6.61 Å². The highest BCUT2D eigenvalue weighted by Gasteiger charge is 2.08. The molecule has 2 rings (SSSR count). The molecule has 0 atom stereocenters. The van der Waals surface area contributed by atoms with Crippen molar-refractivity contribution in [3.63, 3.8) is 0 Å². The van der Waals surface area contributed by atoms with Crippen molar-refractivity contribution in [1.82, 2.24) is 4.98 Å². The SMILES string of the molecule is CCCCCCc1ccc(-c2ccc(OCCCCC)cc2F)nc1. The van der Waals surface area contributed by atoms with E-state index < -0.39 is 0 Å². The van der Waals surface area contributed by atoms with Crippen LogP contribution in [0.4, 0.5) is 4.39 Å². The number of rotatable bonds is 11. The molecule has 0 fully saturated rings. The summed E-state index contributed by atoms with van der Waals surface area (Å²) in [6, 6.07) is 9.01. The van der Waals surface area contributed by atoms with Crippen molar-refractivity contribution in [1.29, 1.82) is 0 Å². The van der Waals surface area contributed by atoms with Crippen molar-refractivity contribution in [2.45, 2.75) is 65.2 Å². The van der Waals surface area contributed by atoms with Crippen LogP contribution < -0.4 is 4.74 Å². The Hall–Kier alpha value is -1.90. The van der Waals surface area contributed by atoms with E-state index in [1.165, 1.54) is 37.3 Å². The van der Waals surface area contributed by atoms with Gasteiger partial charge >= 0.3 is 0 Å². The van der Waals surface area contributed by atoms with Gasteiger partial charge < -0.3 is 4.74 Å². The van der Waals surface area contributed by atoms with Gasteiger partial charge in [-0.25, -0.2) is 4.39 Å². The summed E-state index contributed by atoms with van der Waals surface area (Å²) in [6.45, 7) is 5.00. The van der Waals surface area contributed by atoms with Crippen LogP contribution in [0.5, 0.6) is 5.75 Å². The average Bonchev–Trinajstić information content (AvgIpc) is 2.63. The normalized spacial score (nSPS) is 10.8. The molecule has 0 saturated heterocycles. The van der Waals surface area contributed by atoms with E-state index in [-0.39, 0.29) is 5.82 Å². The van der Waals surface area contributed by atoms with E-state index in [1.807, 2.05) is 18.3 Å². The molecule has 0 saturated carbocycles. The third-order valence-corrected chi connectivity index (χ3v) is 4.38. The maximum atomic E-state index is 14.4. The molecule has 0 amide bonds. The predicted molar refractivity (Wildman–Crippen MR) is 102 cm³/mol. The van der Waals surface area contributed by atoms with Crippen molar-refractivity contribution >= 4 is 0 Å². The van der Waals surface area contributed by atoms with Gasteiger partial charge in [0.15, 0.2) is 0 Å². The minimum atomic E-state index is -0.281. The molecule has 0 unspecified atom stereocenters. The first-order valence-electron chi connectivity index (χ1n) is 9.62. The lowest BCUT2D eigenvalue weighted by Gasteiger charge is -2.09. The van der Waals surface area contributed by atoms with Gasteiger partial charge in [0.05, 0.1) is 12.3 Å². The lowest BCUT2D eigenvalue weighted by molar-refractivity contribution is 0.305. The van der Waals surface area contributed by atoms with Gasteiger partial charge in [-0.1, -0.05) is 52.0 Å². The minimum Gasteiger partial charge on any atom is -0.493 e. The quantitative estimate of drug-likeness (QED) is 0.430. The fourth-order valence-corrected chi connectivity index (χ4v) is 2.82. The van der Waals surface area contributed by atoms with Gasteiger partial charge in [0.2, 0.25) is 0 Å². The first-order chi connectivity index (χ1) is 12.2. The van der Waals surface area contributed by atoms with Crippen molar-refractivity contribution < 1.29 is 9.13 Å². The lowest BCUT2D eigenvalue weighted by atomic mass is 10.1. The number of aryl methyl sites for hydroxylation is 1. The van der Waals surface area contributed by atoms with Crippen LogP contribution in [-0.2, 0) is 6.42 Å². The Morgan fingerprint density at radius 3 is 2.40 bits per heavy atom. The summed E-state index contributed by atoms with van der Waals surface area (Å²) in [5.41, 5.74) is 2.42. The Balaban J connectivity index is 1.94. The number of halogens is 1. The van der Waals surface area contributed by atoms with E-state index in [2.05, 4.69) is 24.9 Å². The van der Waals surface area contributed by atoms with E-state index >= 15 is 0 Å². The Bertz CT molecular complexity index is 624. The van der Waals surface area contributed by atoms with Gasteiger partial charge in [-0.15, -0.1) is 0 Å². The molecule has 0 aliphatic rings. The molecule has 2 aromatic rings. The van der Waals surface area contributed by atoms with E-state index in [9.17, 15) is 4.39 Å². The Labute approximate surface area is 151 Å². The number of aromatic nitrogens is 1. The summed E-state index contributed by atoms with van der Waals surface area (Å²) in [4.78, 5) is 4.44. The Kier molecular flexibility index (Phi) is 8.44. The summed E-state index contributed by atoms with van der Waals surface area (Å²) < 4.78 is 20.0. The van der Waals surface area contributed by atoms with E-state index in [1.54, 1.807) is 6.07 Å². The molecule has 1 aromatic carbocycles. The van der Waals surface area contributed by atoms with Crippen LogP contribution in [0.25, 0.3) is 11.3 Å². The van der Waals surface area contributed by atoms with Crippen LogP contribution >= 0.6 is 0 Å². The highest BCUT2D eigenvalue weighted by molar-refractivity contribution is 5.61. The zero-order valence-electron chi connectivity index (χ0n) is 15.6. The molecule has 1 heterocycles. The average molecular weight is 343 g/mol. The maximum Gasteiger partial charge on any atom is 0.136 e. The molecule has 0 aliphatic heterocycles. The fourth-order valence-electron chi connectivity index (χ4n) is 2.82. The van der Waals surface area contributed by atoms with E-state index in [4.69, 9.17) is 4.74 Å². The summed E-state index contributed by atoms with van der Waals surface area (Å²) in [5.74, 6) is 0.307. The second-order valence-corrected chi connectivity index (χ2v) is 6.56. The molecule has 2 nitrogen and oxygen atoms in total. The zero-order chi connectivity index (χ0) is 17.9. The number of pyridine rings is 1. The standard InChI is InChI=1S/C22H30FNO/c1-3-5-7-8-10-18-11-14-22(24-17-18)20-13-12-19(16-21(20)23)25-15-9-6-4-2/h11-14,16-17H,3-10,15H2,1-2H3. The third kappa shape index (κ3) is 6.49. The molecule has 25 heavy (non-hydrogen) atoms. The smallest absolute Gasteiger partial charge is 0.136 e. The molecular formula is C22H30FNO. The second kappa shape index (κ2) is 10.9. The van der Waals surface area contributed by atoms with Crippen molar-refractivity contribution in [2.24, 2.45) is 0 Å². The molecule has 0 bridgehead atoms. The molecule has 0 aliphatic carbocycles. The predicted octanol–water partition coefficient (Wildman–Crippen LogP) is 6.58. The molecule has 0 radical (unpaired) electrons.